The number of para-hydroxylation sites is 2. The Bertz CT molecular complexity index is 966. The fourth-order valence-electron chi connectivity index (χ4n) is 3.41. The first kappa shape index (κ1) is 15.7. The summed E-state index contributed by atoms with van der Waals surface area (Å²) in [6.45, 7) is 1.08. The molecule has 0 spiro atoms. The molecule has 4 rings (SSSR count). The Kier molecular flexibility index (Phi) is 4.13. The minimum atomic E-state index is -0.516. The van der Waals surface area contributed by atoms with Gasteiger partial charge in [0.05, 0.1) is 18.3 Å². The first-order valence-electron chi connectivity index (χ1n) is 8.61. The second-order valence-electron chi connectivity index (χ2n) is 6.32. The van der Waals surface area contributed by atoms with Gasteiger partial charge in [-0.2, -0.15) is 5.10 Å². The van der Waals surface area contributed by atoms with Gasteiger partial charge in [0.25, 0.3) is 0 Å². The van der Waals surface area contributed by atoms with Gasteiger partial charge in [0.1, 0.15) is 6.54 Å². The van der Waals surface area contributed by atoms with E-state index in [9.17, 15) is 9.59 Å². The molecule has 0 radical (unpaired) electrons. The smallest absolute Gasteiger partial charge is 0.408 e. The fraction of sp³-hybridized carbons (Fsp3) is 0.389. The van der Waals surface area contributed by atoms with E-state index in [1.165, 1.54) is 28.7 Å². The maximum absolute atomic E-state index is 12.2. The zero-order valence-electron chi connectivity index (χ0n) is 13.9. The molecule has 25 heavy (non-hydrogen) atoms. The van der Waals surface area contributed by atoms with Gasteiger partial charge >= 0.3 is 5.76 Å². The van der Waals surface area contributed by atoms with Crippen molar-refractivity contribution in [2.75, 3.05) is 6.54 Å². The highest BCUT2D eigenvalue weighted by atomic mass is 16.4. The van der Waals surface area contributed by atoms with Crippen LogP contribution in [0.4, 0.5) is 0 Å². The van der Waals surface area contributed by atoms with Crippen molar-refractivity contribution in [3.63, 3.8) is 0 Å². The molecule has 0 saturated heterocycles. The summed E-state index contributed by atoms with van der Waals surface area (Å²) in [5.41, 5.74) is 3.74. The lowest BCUT2D eigenvalue weighted by Crippen LogP contribution is -2.33. The minimum absolute atomic E-state index is 0.0486. The van der Waals surface area contributed by atoms with Crippen LogP contribution in [0.1, 0.15) is 24.1 Å². The van der Waals surface area contributed by atoms with Gasteiger partial charge in [-0.15, -0.1) is 0 Å². The first-order valence-corrected chi connectivity index (χ1v) is 8.61. The Morgan fingerprint density at radius 3 is 3.00 bits per heavy atom. The summed E-state index contributed by atoms with van der Waals surface area (Å²) in [6.07, 6.45) is 6.51. The molecule has 7 nitrogen and oxygen atoms in total. The lowest BCUT2D eigenvalue weighted by Gasteiger charge is -2.14. The van der Waals surface area contributed by atoms with Gasteiger partial charge in [-0.25, -0.2) is 4.79 Å². The Hall–Kier alpha value is -2.83. The molecular formula is C18H20N4O3. The van der Waals surface area contributed by atoms with Crippen LogP contribution in [0.25, 0.3) is 11.1 Å². The molecule has 1 N–H and O–H groups in total. The average molecular weight is 340 g/mol. The first-order chi connectivity index (χ1) is 12.2. The van der Waals surface area contributed by atoms with Crippen molar-refractivity contribution in [3.8, 4) is 0 Å². The lowest BCUT2D eigenvalue weighted by molar-refractivity contribution is -0.121. The number of hydrogen-bond donors (Lipinski definition) is 1. The number of aryl methyl sites for hydroxylation is 1. The van der Waals surface area contributed by atoms with E-state index in [0.29, 0.717) is 24.2 Å². The minimum Gasteiger partial charge on any atom is -0.408 e. The van der Waals surface area contributed by atoms with Crippen LogP contribution in [0, 0.1) is 0 Å². The summed E-state index contributed by atoms with van der Waals surface area (Å²) in [6, 6.07) is 7.09. The van der Waals surface area contributed by atoms with Crippen LogP contribution in [0.2, 0.25) is 0 Å². The van der Waals surface area contributed by atoms with E-state index >= 15 is 0 Å². The Morgan fingerprint density at radius 2 is 2.08 bits per heavy atom. The molecule has 0 atom stereocenters. The molecule has 130 valence electrons. The number of rotatable bonds is 5. The average Bonchev–Trinajstić information content (AvgIpc) is 3.17. The number of hydrogen-bond acceptors (Lipinski definition) is 4. The maximum Gasteiger partial charge on any atom is 0.420 e. The SMILES string of the molecule is O=C(Cn1c(=O)oc2ccccc21)NCCn1ncc2c1CCCC2. The second kappa shape index (κ2) is 6.58. The number of benzene rings is 1. The summed E-state index contributed by atoms with van der Waals surface area (Å²) >= 11 is 0. The molecular weight excluding hydrogens is 320 g/mol. The Morgan fingerprint density at radius 1 is 1.24 bits per heavy atom. The molecule has 2 heterocycles. The van der Waals surface area contributed by atoms with Gasteiger partial charge in [-0.05, 0) is 43.4 Å². The number of oxazole rings is 1. The number of nitrogens with one attached hydrogen (secondary N) is 1. The summed E-state index contributed by atoms with van der Waals surface area (Å²) < 4.78 is 8.47. The predicted molar refractivity (Wildman–Crippen MR) is 92.4 cm³/mol. The predicted octanol–water partition coefficient (Wildman–Crippen LogP) is 1.49. The highest BCUT2D eigenvalue weighted by Crippen LogP contribution is 2.20. The van der Waals surface area contributed by atoms with E-state index in [2.05, 4.69) is 10.4 Å². The van der Waals surface area contributed by atoms with Crippen molar-refractivity contribution in [3.05, 3.63) is 52.3 Å². The van der Waals surface area contributed by atoms with E-state index < -0.39 is 5.76 Å². The largest absolute Gasteiger partial charge is 0.420 e. The molecule has 0 aliphatic heterocycles. The zero-order valence-corrected chi connectivity index (χ0v) is 13.9. The number of fused-ring (bicyclic) bond motifs is 2. The number of aromatic nitrogens is 3. The van der Waals surface area contributed by atoms with Gasteiger partial charge in [0, 0.05) is 12.2 Å². The molecule has 7 heteroatoms. The van der Waals surface area contributed by atoms with E-state index in [-0.39, 0.29) is 12.5 Å². The molecule has 0 saturated carbocycles. The van der Waals surface area contributed by atoms with Gasteiger partial charge in [-0.3, -0.25) is 14.0 Å². The van der Waals surface area contributed by atoms with Crippen LogP contribution in [-0.4, -0.2) is 26.8 Å². The molecule has 1 aliphatic carbocycles. The van der Waals surface area contributed by atoms with Crippen molar-refractivity contribution < 1.29 is 9.21 Å². The monoisotopic (exact) mass is 340 g/mol. The standard InChI is InChI=1S/C18H20N4O3/c23-17(12-21-15-7-3-4-8-16(15)25-18(21)24)19-9-10-22-14-6-2-1-5-13(14)11-20-22/h3-4,7-8,11H,1-2,5-6,9-10,12H2,(H,19,23). The summed E-state index contributed by atoms with van der Waals surface area (Å²) in [4.78, 5) is 24.1. The number of nitrogens with zero attached hydrogens (tertiary/aromatic N) is 3. The molecule has 0 bridgehead atoms. The summed E-state index contributed by atoms with van der Waals surface area (Å²) in [5, 5.41) is 7.28. The molecule has 0 fully saturated rings. The molecule has 0 unspecified atom stereocenters. The molecule has 1 amide bonds. The molecule has 1 aliphatic rings. The van der Waals surface area contributed by atoms with E-state index in [1.807, 2.05) is 16.9 Å². The van der Waals surface area contributed by atoms with Crippen LogP contribution in [0.3, 0.4) is 0 Å². The van der Waals surface area contributed by atoms with Gasteiger partial charge in [-0.1, -0.05) is 12.1 Å². The van der Waals surface area contributed by atoms with Crippen LogP contribution in [0.5, 0.6) is 0 Å². The normalized spacial score (nSPS) is 13.8. The number of carbonyl (C=O) groups excluding carboxylic acids is 1. The van der Waals surface area contributed by atoms with Crippen LogP contribution < -0.4 is 11.1 Å². The fourth-order valence-corrected chi connectivity index (χ4v) is 3.41. The van der Waals surface area contributed by atoms with Crippen LogP contribution >= 0.6 is 0 Å². The third kappa shape index (κ3) is 3.09. The van der Waals surface area contributed by atoms with E-state index in [0.717, 1.165) is 12.8 Å². The maximum atomic E-state index is 12.2. The highest BCUT2D eigenvalue weighted by Gasteiger charge is 2.15. The highest BCUT2D eigenvalue weighted by molar-refractivity contribution is 5.79. The molecule has 3 aromatic rings. The van der Waals surface area contributed by atoms with Gasteiger partial charge in [0.2, 0.25) is 5.91 Å². The van der Waals surface area contributed by atoms with Crippen molar-refractivity contribution in [1.82, 2.24) is 19.7 Å². The second-order valence-corrected chi connectivity index (χ2v) is 6.32. The van der Waals surface area contributed by atoms with Crippen molar-refractivity contribution in [2.45, 2.75) is 38.8 Å². The van der Waals surface area contributed by atoms with E-state index in [4.69, 9.17) is 4.42 Å². The third-order valence-electron chi connectivity index (χ3n) is 4.67. The molecule has 1 aromatic carbocycles. The van der Waals surface area contributed by atoms with E-state index in [1.54, 1.807) is 18.2 Å². The van der Waals surface area contributed by atoms with Gasteiger partial charge < -0.3 is 9.73 Å². The van der Waals surface area contributed by atoms with Crippen molar-refractivity contribution in [2.24, 2.45) is 0 Å². The van der Waals surface area contributed by atoms with Crippen molar-refractivity contribution >= 4 is 17.0 Å². The quantitative estimate of drug-likeness (QED) is 0.763. The van der Waals surface area contributed by atoms with Crippen molar-refractivity contribution in [1.29, 1.82) is 0 Å². The Balaban J connectivity index is 1.37. The Labute approximate surface area is 144 Å². The van der Waals surface area contributed by atoms with Crippen LogP contribution in [-0.2, 0) is 30.7 Å². The summed E-state index contributed by atoms with van der Waals surface area (Å²) in [7, 11) is 0. The topological polar surface area (TPSA) is 82.1 Å². The summed E-state index contributed by atoms with van der Waals surface area (Å²) in [5.74, 6) is -0.729. The third-order valence-corrected chi connectivity index (χ3v) is 4.67. The lowest BCUT2D eigenvalue weighted by atomic mass is 9.98. The zero-order chi connectivity index (χ0) is 17.2. The van der Waals surface area contributed by atoms with Crippen LogP contribution in [0.15, 0.2) is 39.7 Å². The number of carbonyl (C=O) groups is 1. The number of amides is 1. The van der Waals surface area contributed by atoms with Gasteiger partial charge in [0.15, 0.2) is 5.58 Å². The molecule has 2 aromatic heterocycles.